The summed E-state index contributed by atoms with van der Waals surface area (Å²) >= 11 is 2.08. The maximum absolute atomic E-state index is 6.40. The van der Waals surface area contributed by atoms with Crippen molar-refractivity contribution in [1.29, 1.82) is 0 Å². The van der Waals surface area contributed by atoms with E-state index in [9.17, 15) is 0 Å². The molecule has 3 rings (SSSR count). The first-order chi connectivity index (χ1) is 7.47. The summed E-state index contributed by atoms with van der Waals surface area (Å²) in [6.45, 7) is 9.55. The van der Waals surface area contributed by atoms with E-state index in [0.717, 1.165) is 5.92 Å². The summed E-state index contributed by atoms with van der Waals surface area (Å²) in [5.74, 6) is 2.91. The minimum atomic E-state index is 0.450. The molecule has 1 saturated heterocycles. The molecule has 0 aromatic rings. The van der Waals surface area contributed by atoms with Gasteiger partial charge in [-0.2, -0.15) is 0 Å². The Kier molecular flexibility index (Phi) is 2.43. The van der Waals surface area contributed by atoms with Crippen LogP contribution in [0.4, 0.5) is 0 Å². The summed E-state index contributed by atoms with van der Waals surface area (Å²) in [4.78, 5) is 0. The van der Waals surface area contributed by atoms with Crippen LogP contribution in [-0.2, 0) is 4.74 Å². The molecule has 2 bridgehead atoms. The van der Waals surface area contributed by atoms with E-state index in [1.54, 1.807) is 0 Å². The van der Waals surface area contributed by atoms with E-state index in [1.807, 2.05) is 0 Å². The Bertz CT molecular complexity index is 299. The Balaban J connectivity index is 1.86. The highest BCUT2D eigenvalue weighted by molar-refractivity contribution is 7.99. The summed E-state index contributed by atoms with van der Waals surface area (Å²) in [7, 11) is 0. The van der Waals surface area contributed by atoms with Gasteiger partial charge in [0.15, 0.2) is 0 Å². The van der Waals surface area contributed by atoms with Crippen molar-refractivity contribution in [2.45, 2.75) is 58.5 Å². The van der Waals surface area contributed by atoms with E-state index >= 15 is 0 Å². The van der Waals surface area contributed by atoms with Crippen molar-refractivity contribution in [3.8, 4) is 0 Å². The van der Waals surface area contributed by atoms with E-state index in [1.165, 1.54) is 25.0 Å². The monoisotopic (exact) mass is 240 g/mol. The zero-order valence-corrected chi connectivity index (χ0v) is 11.8. The molecule has 0 aromatic carbocycles. The standard InChI is InChI=1S/C14H24OS/c1-9(2)12-15-11-7-10-5-6-14(11,8-16-12)13(10,3)4/h9-12H,5-8H2,1-4H3/t10-,11-,12-,14-/m1/s1. The molecular weight excluding hydrogens is 216 g/mol. The summed E-state index contributed by atoms with van der Waals surface area (Å²) < 4.78 is 6.40. The topological polar surface area (TPSA) is 9.23 Å². The summed E-state index contributed by atoms with van der Waals surface area (Å²) in [6.07, 6.45) is 4.75. The van der Waals surface area contributed by atoms with E-state index in [0.29, 0.717) is 28.3 Å². The maximum atomic E-state index is 6.40. The van der Waals surface area contributed by atoms with Crippen molar-refractivity contribution < 1.29 is 4.74 Å². The Morgan fingerprint density at radius 2 is 2.06 bits per heavy atom. The van der Waals surface area contributed by atoms with Gasteiger partial charge in [-0.1, -0.05) is 27.7 Å². The lowest BCUT2D eigenvalue weighted by atomic mass is 9.69. The number of thioether (sulfide) groups is 1. The van der Waals surface area contributed by atoms with Gasteiger partial charge in [-0.05, 0) is 36.5 Å². The fourth-order valence-electron chi connectivity index (χ4n) is 4.31. The third-order valence-corrected chi connectivity index (χ3v) is 7.37. The van der Waals surface area contributed by atoms with Gasteiger partial charge in [-0.15, -0.1) is 11.8 Å². The molecule has 2 heteroatoms. The Morgan fingerprint density at radius 3 is 2.69 bits per heavy atom. The second-order valence-electron chi connectivity index (χ2n) is 6.90. The lowest BCUT2D eigenvalue weighted by molar-refractivity contribution is -0.0771. The predicted octanol–water partition coefficient (Wildman–Crippen LogP) is 3.93. The first kappa shape index (κ1) is 11.4. The molecule has 3 fully saturated rings. The quantitative estimate of drug-likeness (QED) is 0.687. The van der Waals surface area contributed by atoms with Gasteiger partial charge in [0, 0.05) is 11.2 Å². The van der Waals surface area contributed by atoms with Gasteiger partial charge in [0.2, 0.25) is 0 Å². The predicted molar refractivity (Wildman–Crippen MR) is 69.5 cm³/mol. The fourth-order valence-corrected chi connectivity index (χ4v) is 6.07. The molecule has 1 heterocycles. The third-order valence-electron chi connectivity index (χ3n) is 5.71. The van der Waals surface area contributed by atoms with Crippen LogP contribution in [-0.4, -0.2) is 17.3 Å². The first-order valence-corrected chi connectivity index (χ1v) is 7.79. The Morgan fingerprint density at radius 1 is 1.31 bits per heavy atom. The highest BCUT2D eigenvalue weighted by Crippen LogP contribution is 2.69. The van der Waals surface area contributed by atoms with E-state index in [2.05, 4.69) is 39.5 Å². The van der Waals surface area contributed by atoms with Crippen molar-refractivity contribution in [1.82, 2.24) is 0 Å². The van der Waals surface area contributed by atoms with Gasteiger partial charge in [0.25, 0.3) is 0 Å². The van der Waals surface area contributed by atoms with Gasteiger partial charge >= 0.3 is 0 Å². The molecule has 0 aromatic heterocycles. The lowest BCUT2D eigenvalue weighted by Crippen LogP contribution is -2.48. The average Bonchev–Trinajstić information content (AvgIpc) is 2.61. The van der Waals surface area contributed by atoms with Crippen LogP contribution in [0.2, 0.25) is 0 Å². The zero-order valence-electron chi connectivity index (χ0n) is 11.0. The summed E-state index contributed by atoms with van der Waals surface area (Å²) in [6, 6.07) is 0. The molecule has 16 heavy (non-hydrogen) atoms. The van der Waals surface area contributed by atoms with Crippen molar-refractivity contribution in [2.75, 3.05) is 5.75 Å². The van der Waals surface area contributed by atoms with Crippen molar-refractivity contribution >= 4 is 11.8 Å². The molecule has 4 atom stereocenters. The number of fused-ring (bicyclic) bond motifs is 1. The molecule has 3 aliphatic rings. The number of ether oxygens (including phenoxy) is 1. The highest BCUT2D eigenvalue weighted by Gasteiger charge is 2.66. The molecule has 0 unspecified atom stereocenters. The molecule has 2 saturated carbocycles. The van der Waals surface area contributed by atoms with Crippen LogP contribution in [0.25, 0.3) is 0 Å². The second-order valence-corrected chi connectivity index (χ2v) is 7.98. The van der Waals surface area contributed by atoms with Gasteiger partial charge < -0.3 is 4.74 Å². The summed E-state index contributed by atoms with van der Waals surface area (Å²) in [5, 5.41) is 0. The maximum Gasteiger partial charge on any atom is 0.105 e. The van der Waals surface area contributed by atoms with E-state index in [4.69, 9.17) is 4.74 Å². The van der Waals surface area contributed by atoms with Gasteiger partial charge in [0.1, 0.15) is 5.44 Å². The average molecular weight is 240 g/mol. The van der Waals surface area contributed by atoms with Crippen LogP contribution in [0.5, 0.6) is 0 Å². The lowest BCUT2D eigenvalue weighted by Gasteiger charge is -2.48. The van der Waals surface area contributed by atoms with Crippen LogP contribution < -0.4 is 0 Å². The third kappa shape index (κ3) is 1.23. The van der Waals surface area contributed by atoms with Crippen LogP contribution in [0.15, 0.2) is 0 Å². The van der Waals surface area contributed by atoms with Crippen LogP contribution in [0.1, 0.15) is 47.0 Å². The molecule has 0 radical (unpaired) electrons. The first-order valence-electron chi connectivity index (χ1n) is 6.74. The van der Waals surface area contributed by atoms with Gasteiger partial charge in [-0.3, -0.25) is 0 Å². The van der Waals surface area contributed by atoms with Crippen LogP contribution >= 0.6 is 11.8 Å². The molecule has 92 valence electrons. The number of hydrogen-bond donors (Lipinski definition) is 0. The molecule has 2 aliphatic carbocycles. The van der Waals surface area contributed by atoms with Crippen LogP contribution in [0.3, 0.4) is 0 Å². The number of rotatable bonds is 1. The zero-order chi connectivity index (χ0) is 11.6. The largest absolute Gasteiger partial charge is 0.363 e. The van der Waals surface area contributed by atoms with Crippen LogP contribution in [0, 0.1) is 22.7 Å². The molecule has 1 nitrogen and oxygen atoms in total. The smallest absolute Gasteiger partial charge is 0.105 e. The van der Waals surface area contributed by atoms with E-state index < -0.39 is 0 Å². The molecule has 0 amide bonds. The van der Waals surface area contributed by atoms with Gasteiger partial charge in [0.05, 0.1) is 6.10 Å². The minimum Gasteiger partial charge on any atom is -0.363 e. The number of hydrogen-bond acceptors (Lipinski definition) is 2. The molecule has 0 N–H and O–H groups in total. The molecular formula is C14H24OS. The van der Waals surface area contributed by atoms with E-state index in [-0.39, 0.29) is 0 Å². The Labute approximate surface area is 104 Å². The molecule has 1 aliphatic heterocycles. The fraction of sp³-hybridized carbons (Fsp3) is 1.00. The highest BCUT2D eigenvalue weighted by atomic mass is 32.2. The molecule has 1 spiro atoms. The normalized spacial score (nSPS) is 49.7. The van der Waals surface area contributed by atoms with Crippen molar-refractivity contribution in [2.24, 2.45) is 22.7 Å². The van der Waals surface area contributed by atoms with Gasteiger partial charge in [-0.25, -0.2) is 0 Å². The second kappa shape index (κ2) is 3.41. The van der Waals surface area contributed by atoms with Crippen molar-refractivity contribution in [3.63, 3.8) is 0 Å². The SMILES string of the molecule is CC(C)[C@@H]1O[C@@H]2C[C@H]3CC[C@]2(CS1)C3(C)C. The summed E-state index contributed by atoms with van der Waals surface area (Å²) in [5.41, 5.74) is 1.48. The Hall–Kier alpha value is 0.310. The minimum absolute atomic E-state index is 0.450. The van der Waals surface area contributed by atoms with Crippen molar-refractivity contribution in [3.05, 3.63) is 0 Å².